The maximum absolute atomic E-state index is 12.8. The Balaban J connectivity index is 1.86. The van der Waals surface area contributed by atoms with Crippen molar-refractivity contribution in [3.8, 4) is 0 Å². The number of aromatic nitrogens is 3. The minimum absolute atomic E-state index is 0.0240. The van der Waals surface area contributed by atoms with Crippen molar-refractivity contribution in [3.63, 3.8) is 0 Å². The predicted octanol–water partition coefficient (Wildman–Crippen LogP) is 0.463. The van der Waals surface area contributed by atoms with E-state index in [0.717, 1.165) is 4.68 Å². The number of hydrogen-bond donors (Lipinski definition) is 0. The highest BCUT2D eigenvalue weighted by atomic mass is 32.2. The number of hydrogen-bond acceptors (Lipinski definition) is 6. The first-order valence-electron chi connectivity index (χ1n) is 8.59. The topological polar surface area (TPSA) is 102 Å². The molecule has 3 rings (SSSR count). The Morgan fingerprint density at radius 2 is 2.08 bits per heavy atom. The van der Waals surface area contributed by atoms with Crippen LogP contribution in [0.25, 0.3) is 10.9 Å². The van der Waals surface area contributed by atoms with Crippen molar-refractivity contribution >= 4 is 26.6 Å². The van der Waals surface area contributed by atoms with Gasteiger partial charge in [-0.15, -0.1) is 5.10 Å². The van der Waals surface area contributed by atoms with Gasteiger partial charge in [0.05, 0.1) is 16.9 Å². The molecular weight excluding hydrogens is 356 g/mol. The lowest BCUT2D eigenvalue weighted by Crippen LogP contribution is -2.46. The highest BCUT2D eigenvalue weighted by Crippen LogP contribution is 2.19. The summed E-state index contributed by atoms with van der Waals surface area (Å²) in [6.45, 7) is 4.12. The van der Waals surface area contributed by atoms with E-state index in [1.807, 2.05) is 13.8 Å². The van der Waals surface area contributed by atoms with Crippen molar-refractivity contribution in [2.45, 2.75) is 32.9 Å². The van der Waals surface area contributed by atoms with Gasteiger partial charge in [0.15, 0.2) is 9.84 Å². The molecule has 1 aromatic heterocycles. The molecule has 1 aliphatic rings. The SMILES string of the molecule is CC(C)CN(C(=O)Cn1nnc2ccccc2c1=O)[C@@H]1CCS(=O)(=O)C1. The second-order valence-electron chi connectivity index (χ2n) is 7.07. The summed E-state index contributed by atoms with van der Waals surface area (Å²) in [5, 5.41) is 8.23. The zero-order valence-electron chi connectivity index (χ0n) is 14.8. The third-order valence-electron chi connectivity index (χ3n) is 4.45. The number of nitrogens with zero attached hydrogens (tertiary/aromatic N) is 4. The Bertz CT molecular complexity index is 984. The molecule has 0 aliphatic carbocycles. The van der Waals surface area contributed by atoms with Crippen LogP contribution in [0, 0.1) is 5.92 Å². The maximum atomic E-state index is 12.8. The van der Waals surface area contributed by atoms with E-state index < -0.39 is 9.84 Å². The van der Waals surface area contributed by atoms with Crippen molar-refractivity contribution in [3.05, 3.63) is 34.6 Å². The molecule has 0 N–H and O–H groups in total. The largest absolute Gasteiger partial charge is 0.337 e. The Labute approximate surface area is 151 Å². The van der Waals surface area contributed by atoms with Crippen molar-refractivity contribution < 1.29 is 13.2 Å². The average molecular weight is 378 g/mol. The van der Waals surface area contributed by atoms with Crippen LogP contribution in [0.2, 0.25) is 0 Å². The summed E-state index contributed by atoms with van der Waals surface area (Å²) in [6, 6.07) is 6.47. The Hall–Kier alpha value is -2.29. The molecule has 2 heterocycles. The van der Waals surface area contributed by atoms with Crippen LogP contribution in [0.15, 0.2) is 29.1 Å². The lowest BCUT2D eigenvalue weighted by Gasteiger charge is -2.30. The number of sulfone groups is 1. The molecule has 0 unspecified atom stereocenters. The van der Waals surface area contributed by atoms with Crippen LogP contribution >= 0.6 is 0 Å². The lowest BCUT2D eigenvalue weighted by atomic mass is 10.1. The quantitative estimate of drug-likeness (QED) is 0.749. The molecule has 1 fully saturated rings. The first kappa shape index (κ1) is 18.5. The van der Waals surface area contributed by atoms with E-state index in [4.69, 9.17) is 0 Å². The van der Waals surface area contributed by atoms with E-state index in [-0.39, 0.29) is 41.5 Å². The van der Waals surface area contributed by atoms with Gasteiger partial charge in [0, 0.05) is 12.6 Å². The minimum Gasteiger partial charge on any atom is -0.337 e. The summed E-state index contributed by atoms with van der Waals surface area (Å²) in [4.78, 5) is 26.9. The molecule has 8 nitrogen and oxygen atoms in total. The van der Waals surface area contributed by atoms with E-state index in [0.29, 0.717) is 23.9 Å². The molecule has 0 bridgehead atoms. The maximum Gasteiger partial charge on any atom is 0.278 e. The van der Waals surface area contributed by atoms with Crippen molar-refractivity contribution in [1.82, 2.24) is 19.9 Å². The molecule has 2 aromatic rings. The Kier molecular flexibility index (Phi) is 5.08. The van der Waals surface area contributed by atoms with E-state index in [9.17, 15) is 18.0 Å². The molecule has 1 saturated heterocycles. The molecule has 1 aliphatic heterocycles. The van der Waals surface area contributed by atoms with Gasteiger partial charge in [-0.25, -0.2) is 13.1 Å². The van der Waals surface area contributed by atoms with Gasteiger partial charge in [0.1, 0.15) is 12.1 Å². The van der Waals surface area contributed by atoms with E-state index in [1.165, 1.54) is 0 Å². The van der Waals surface area contributed by atoms with E-state index in [1.54, 1.807) is 29.2 Å². The summed E-state index contributed by atoms with van der Waals surface area (Å²) < 4.78 is 24.6. The molecule has 0 radical (unpaired) electrons. The number of carbonyl (C=O) groups is 1. The van der Waals surface area contributed by atoms with Crippen molar-refractivity contribution in [2.75, 3.05) is 18.1 Å². The third-order valence-corrected chi connectivity index (χ3v) is 6.20. The number of rotatable bonds is 5. The number of amides is 1. The first-order chi connectivity index (χ1) is 12.3. The third kappa shape index (κ3) is 3.92. The molecular formula is C17H22N4O4S. The highest BCUT2D eigenvalue weighted by Gasteiger charge is 2.35. The normalized spacial score (nSPS) is 19.1. The monoisotopic (exact) mass is 378 g/mol. The second-order valence-corrected chi connectivity index (χ2v) is 9.29. The van der Waals surface area contributed by atoms with Gasteiger partial charge in [0.25, 0.3) is 5.56 Å². The van der Waals surface area contributed by atoms with Crippen LogP contribution in [-0.2, 0) is 21.2 Å². The zero-order valence-corrected chi connectivity index (χ0v) is 15.6. The van der Waals surface area contributed by atoms with Gasteiger partial charge in [-0.2, -0.15) is 0 Å². The number of fused-ring (bicyclic) bond motifs is 1. The molecule has 0 saturated carbocycles. The van der Waals surface area contributed by atoms with Gasteiger partial charge in [-0.1, -0.05) is 31.2 Å². The summed E-state index contributed by atoms with van der Waals surface area (Å²) in [7, 11) is -3.11. The molecule has 26 heavy (non-hydrogen) atoms. The van der Waals surface area contributed by atoms with Crippen molar-refractivity contribution in [1.29, 1.82) is 0 Å². The molecule has 1 atom stereocenters. The Morgan fingerprint density at radius 1 is 1.35 bits per heavy atom. The lowest BCUT2D eigenvalue weighted by molar-refractivity contribution is -0.134. The van der Waals surface area contributed by atoms with Crippen LogP contribution < -0.4 is 5.56 Å². The van der Waals surface area contributed by atoms with Gasteiger partial charge in [-0.05, 0) is 24.5 Å². The standard InChI is InChI=1S/C17H22N4O4S/c1-12(2)9-20(13-7-8-26(24,25)11-13)16(22)10-21-17(23)14-5-3-4-6-15(14)18-19-21/h3-6,12-13H,7-11H2,1-2H3/t13-/m1/s1. The zero-order chi connectivity index (χ0) is 18.9. The van der Waals surface area contributed by atoms with Gasteiger partial charge < -0.3 is 4.90 Å². The summed E-state index contributed by atoms with van der Waals surface area (Å²) in [5.41, 5.74) is 0.0922. The van der Waals surface area contributed by atoms with E-state index in [2.05, 4.69) is 10.3 Å². The minimum atomic E-state index is -3.11. The van der Waals surface area contributed by atoms with Crippen LogP contribution in [0.4, 0.5) is 0 Å². The fourth-order valence-corrected chi connectivity index (χ4v) is 4.95. The van der Waals surface area contributed by atoms with Gasteiger partial charge in [0.2, 0.25) is 5.91 Å². The number of benzene rings is 1. The summed E-state index contributed by atoms with van der Waals surface area (Å²) in [6.07, 6.45) is 0.430. The first-order valence-corrected chi connectivity index (χ1v) is 10.4. The predicted molar refractivity (Wildman–Crippen MR) is 97.4 cm³/mol. The van der Waals surface area contributed by atoms with Crippen LogP contribution in [0.1, 0.15) is 20.3 Å². The van der Waals surface area contributed by atoms with Gasteiger partial charge in [-0.3, -0.25) is 9.59 Å². The molecule has 140 valence electrons. The van der Waals surface area contributed by atoms with Crippen LogP contribution in [0.3, 0.4) is 0 Å². The van der Waals surface area contributed by atoms with Crippen LogP contribution in [0.5, 0.6) is 0 Å². The van der Waals surface area contributed by atoms with E-state index >= 15 is 0 Å². The van der Waals surface area contributed by atoms with Gasteiger partial charge >= 0.3 is 0 Å². The highest BCUT2D eigenvalue weighted by molar-refractivity contribution is 7.91. The molecule has 1 amide bonds. The fraction of sp³-hybridized carbons (Fsp3) is 0.529. The second kappa shape index (κ2) is 7.14. The van der Waals surface area contributed by atoms with Crippen LogP contribution in [-0.4, -0.2) is 58.3 Å². The molecule has 1 aromatic carbocycles. The molecule has 0 spiro atoms. The number of carbonyl (C=O) groups excluding carboxylic acids is 1. The van der Waals surface area contributed by atoms with Crippen molar-refractivity contribution in [2.24, 2.45) is 5.92 Å². The summed E-state index contributed by atoms with van der Waals surface area (Å²) >= 11 is 0. The smallest absolute Gasteiger partial charge is 0.278 e. The molecule has 9 heteroatoms. The summed E-state index contributed by atoms with van der Waals surface area (Å²) in [5.74, 6) is -0.0619. The average Bonchev–Trinajstić information content (AvgIpc) is 2.95. The fourth-order valence-electron chi connectivity index (χ4n) is 3.21. The Morgan fingerprint density at radius 3 is 2.73 bits per heavy atom.